The van der Waals surface area contributed by atoms with Gasteiger partial charge in [-0.15, -0.1) is 0 Å². The lowest BCUT2D eigenvalue weighted by Crippen LogP contribution is -2.13. The molecule has 0 aliphatic rings. The highest BCUT2D eigenvalue weighted by Gasteiger charge is 2.06. The number of pyridine rings is 1. The fraction of sp³-hybridized carbons (Fsp3) is 0.222. The molecule has 0 atom stereocenters. The highest BCUT2D eigenvalue weighted by Crippen LogP contribution is 2.14. The molecule has 0 radical (unpaired) electrons. The number of aliphatic carboxylic acids is 1. The van der Waals surface area contributed by atoms with Crippen LogP contribution in [-0.2, 0) is 9.63 Å². The average molecular weight is 207 g/mol. The summed E-state index contributed by atoms with van der Waals surface area (Å²) in [4.78, 5) is 18.6. The van der Waals surface area contributed by atoms with E-state index in [-0.39, 0.29) is 5.82 Å². The zero-order valence-corrected chi connectivity index (χ0v) is 8.02. The molecule has 1 heterocycles. The Morgan fingerprint density at radius 2 is 2.53 bits per heavy atom. The Kier molecular flexibility index (Phi) is 3.60. The van der Waals surface area contributed by atoms with Gasteiger partial charge in [-0.05, 0) is 18.6 Å². The number of carboxylic acids is 1. The number of hydrogen-bond acceptors (Lipinski definition) is 5. The Morgan fingerprint density at radius 3 is 3.13 bits per heavy atom. The van der Waals surface area contributed by atoms with Crippen LogP contribution in [0.5, 0.6) is 0 Å². The minimum absolute atomic E-state index is 0.221. The van der Waals surface area contributed by atoms with Gasteiger partial charge in [0.05, 0.1) is 5.56 Å². The van der Waals surface area contributed by atoms with Gasteiger partial charge in [0.1, 0.15) is 6.07 Å². The molecule has 0 spiro atoms. The van der Waals surface area contributed by atoms with Crippen molar-refractivity contribution in [2.24, 2.45) is 0 Å². The van der Waals surface area contributed by atoms with Crippen LogP contribution in [-0.4, -0.2) is 22.7 Å². The first-order valence-electron chi connectivity index (χ1n) is 4.10. The molecule has 0 amide bonds. The Labute approximate surface area is 86.1 Å². The maximum atomic E-state index is 10.2. The van der Waals surface area contributed by atoms with Gasteiger partial charge in [-0.2, -0.15) is 5.26 Å². The predicted molar refractivity (Wildman–Crippen MR) is 50.9 cm³/mol. The minimum atomic E-state index is -1.10. The van der Waals surface area contributed by atoms with Crippen LogP contribution in [0, 0.1) is 18.3 Å². The van der Waals surface area contributed by atoms with Crippen molar-refractivity contribution in [1.29, 1.82) is 5.26 Å². The molecule has 6 nitrogen and oxygen atoms in total. The maximum absolute atomic E-state index is 10.2. The first-order valence-corrected chi connectivity index (χ1v) is 4.10. The number of carbonyl (C=O) groups is 1. The van der Waals surface area contributed by atoms with E-state index in [2.05, 4.69) is 15.3 Å². The van der Waals surface area contributed by atoms with Crippen molar-refractivity contribution in [3.63, 3.8) is 0 Å². The molecule has 0 saturated carbocycles. The highest BCUT2D eigenvalue weighted by molar-refractivity contribution is 5.68. The lowest BCUT2D eigenvalue weighted by molar-refractivity contribution is -0.141. The topological polar surface area (TPSA) is 95.2 Å². The number of hydrogen-bond donors (Lipinski definition) is 2. The maximum Gasteiger partial charge on any atom is 0.332 e. The van der Waals surface area contributed by atoms with E-state index in [9.17, 15) is 4.79 Å². The highest BCUT2D eigenvalue weighted by atomic mass is 16.7. The molecule has 2 N–H and O–H groups in total. The van der Waals surface area contributed by atoms with E-state index in [1.165, 1.54) is 6.20 Å². The quantitative estimate of drug-likeness (QED) is 0.705. The van der Waals surface area contributed by atoms with E-state index in [0.717, 1.165) is 5.56 Å². The molecule has 6 heteroatoms. The molecule has 78 valence electrons. The van der Waals surface area contributed by atoms with Gasteiger partial charge in [0.25, 0.3) is 0 Å². The third kappa shape index (κ3) is 2.93. The van der Waals surface area contributed by atoms with Crippen LogP contribution in [0.15, 0.2) is 12.3 Å². The molecule has 0 saturated heterocycles. The second-order valence-electron chi connectivity index (χ2n) is 2.75. The number of carboxylic acid groups (broad SMARTS) is 1. The largest absolute Gasteiger partial charge is 0.479 e. The van der Waals surface area contributed by atoms with E-state index in [1.807, 2.05) is 6.07 Å². The van der Waals surface area contributed by atoms with E-state index >= 15 is 0 Å². The second kappa shape index (κ2) is 4.93. The summed E-state index contributed by atoms with van der Waals surface area (Å²) >= 11 is 0. The number of aryl methyl sites for hydroxylation is 1. The SMILES string of the molecule is Cc1ccnc(NOCC(=O)O)c1C#N. The molecule has 15 heavy (non-hydrogen) atoms. The van der Waals surface area contributed by atoms with Crippen molar-refractivity contribution < 1.29 is 14.7 Å². The molecule has 0 aliphatic heterocycles. The van der Waals surface area contributed by atoms with Crippen molar-refractivity contribution in [2.75, 3.05) is 12.1 Å². The van der Waals surface area contributed by atoms with Crippen molar-refractivity contribution in [1.82, 2.24) is 4.98 Å². The van der Waals surface area contributed by atoms with Crippen molar-refractivity contribution >= 4 is 11.8 Å². The first kappa shape index (κ1) is 10.9. The van der Waals surface area contributed by atoms with Crippen molar-refractivity contribution in [3.8, 4) is 6.07 Å². The first-order chi connectivity index (χ1) is 7.15. The average Bonchev–Trinajstić information content (AvgIpc) is 2.17. The zero-order chi connectivity index (χ0) is 11.3. The summed E-state index contributed by atoms with van der Waals surface area (Å²) in [6.07, 6.45) is 1.50. The summed E-state index contributed by atoms with van der Waals surface area (Å²) in [5, 5.41) is 17.1. The van der Waals surface area contributed by atoms with E-state index in [4.69, 9.17) is 10.4 Å². The summed E-state index contributed by atoms with van der Waals surface area (Å²) in [5.74, 6) is -0.882. The molecule has 1 aromatic heterocycles. The van der Waals surface area contributed by atoms with Gasteiger partial charge in [-0.25, -0.2) is 15.3 Å². The van der Waals surface area contributed by atoms with Gasteiger partial charge in [0.15, 0.2) is 12.4 Å². The molecule has 0 bridgehead atoms. The van der Waals surface area contributed by atoms with Crippen LogP contribution >= 0.6 is 0 Å². The van der Waals surface area contributed by atoms with Gasteiger partial charge in [-0.3, -0.25) is 4.84 Å². The number of rotatable bonds is 4. The van der Waals surface area contributed by atoms with Crippen LogP contribution in [0.3, 0.4) is 0 Å². The van der Waals surface area contributed by atoms with E-state index < -0.39 is 12.6 Å². The third-order valence-corrected chi connectivity index (χ3v) is 1.64. The van der Waals surface area contributed by atoms with E-state index in [1.54, 1.807) is 13.0 Å². The van der Waals surface area contributed by atoms with Crippen molar-refractivity contribution in [2.45, 2.75) is 6.92 Å². The molecule has 0 unspecified atom stereocenters. The van der Waals surface area contributed by atoms with Crippen molar-refractivity contribution in [3.05, 3.63) is 23.4 Å². The normalized spacial score (nSPS) is 9.33. The Morgan fingerprint density at radius 1 is 1.80 bits per heavy atom. The third-order valence-electron chi connectivity index (χ3n) is 1.64. The number of anilines is 1. The monoisotopic (exact) mass is 207 g/mol. The van der Waals surface area contributed by atoms with Crippen LogP contribution in [0.25, 0.3) is 0 Å². The second-order valence-corrected chi connectivity index (χ2v) is 2.75. The lowest BCUT2D eigenvalue weighted by Gasteiger charge is -2.06. The Bertz CT molecular complexity index is 412. The van der Waals surface area contributed by atoms with Gasteiger partial charge < -0.3 is 5.11 Å². The standard InChI is InChI=1S/C9H9N3O3/c1-6-2-3-11-9(7(6)4-10)12-15-5-8(13)14/h2-3H,5H2,1H3,(H,11,12)(H,13,14). The summed E-state index contributed by atoms with van der Waals surface area (Å²) in [7, 11) is 0. The Hall–Kier alpha value is -2.13. The van der Waals surface area contributed by atoms with Gasteiger partial charge in [0.2, 0.25) is 0 Å². The molecule has 0 aromatic carbocycles. The van der Waals surface area contributed by atoms with E-state index in [0.29, 0.717) is 5.56 Å². The Balaban J connectivity index is 2.73. The summed E-state index contributed by atoms with van der Waals surface area (Å²) in [6.45, 7) is 1.25. The zero-order valence-electron chi connectivity index (χ0n) is 8.02. The van der Waals surface area contributed by atoms with Crippen LogP contribution in [0.4, 0.5) is 5.82 Å². The molecular weight excluding hydrogens is 198 g/mol. The lowest BCUT2D eigenvalue weighted by atomic mass is 10.2. The molecule has 0 fully saturated rings. The van der Waals surface area contributed by atoms with Gasteiger partial charge >= 0.3 is 5.97 Å². The predicted octanol–water partition coefficient (Wildman–Crippen LogP) is 0.690. The van der Waals surface area contributed by atoms with Gasteiger partial charge in [-0.1, -0.05) is 0 Å². The molecule has 1 rings (SSSR count). The fourth-order valence-electron chi connectivity index (χ4n) is 0.943. The smallest absolute Gasteiger partial charge is 0.332 e. The number of nitrogens with one attached hydrogen (secondary N) is 1. The molecule has 0 aliphatic carbocycles. The minimum Gasteiger partial charge on any atom is -0.479 e. The number of nitrogens with zero attached hydrogens (tertiary/aromatic N) is 2. The summed E-state index contributed by atoms with van der Waals surface area (Å²) in [6, 6.07) is 3.63. The number of nitriles is 1. The van der Waals surface area contributed by atoms with Crippen LogP contribution in [0.1, 0.15) is 11.1 Å². The molecular formula is C9H9N3O3. The summed E-state index contributed by atoms with van der Waals surface area (Å²) < 4.78 is 0. The van der Waals surface area contributed by atoms with Crippen LogP contribution < -0.4 is 5.48 Å². The van der Waals surface area contributed by atoms with Gasteiger partial charge in [0, 0.05) is 6.20 Å². The number of aromatic nitrogens is 1. The molecule has 1 aromatic rings. The fourth-order valence-corrected chi connectivity index (χ4v) is 0.943. The van der Waals surface area contributed by atoms with Crippen LogP contribution in [0.2, 0.25) is 0 Å². The summed E-state index contributed by atoms with van der Waals surface area (Å²) in [5.41, 5.74) is 3.40.